The van der Waals surface area contributed by atoms with Crippen LogP contribution in [-0.2, 0) is 9.59 Å². The van der Waals surface area contributed by atoms with Crippen LogP contribution in [0.25, 0.3) is 0 Å². The van der Waals surface area contributed by atoms with E-state index in [1.165, 1.54) is 0 Å². The number of piperazine rings is 1. The highest BCUT2D eigenvalue weighted by molar-refractivity contribution is 5.83. The van der Waals surface area contributed by atoms with Crippen molar-refractivity contribution in [3.05, 3.63) is 30.3 Å². The summed E-state index contributed by atoms with van der Waals surface area (Å²) in [6.45, 7) is 2.50. The topological polar surface area (TPSA) is 64.7 Å². The van der Waals surface area contributed by atoms with Crippen LogP contribution in [0.3, 0.4) is 0 Å². The Hall–Kier alpha value is -2.22. The first-order valence-electron chi connectivity index (χ1n) is 8.91. The molecule has 1 atom stereocenters. The van der Waals surface area contributed by atoms with Gasteiger partial charge in [0.05, 0.1) is 12.6 Å². The van der Waals surface area contributed by atoms with E-state index in [9.17, 15) is 18.4 Å². The van der Waals surface area contributed by atoms with Crippen LogP contribution in [0.1, 0.15) is 12.8 Å². The number of hydrogen-bond acceptors (Lipinski definition) is 4. The smallest absolute Gasteiger partial charge is 0.262 e. The van der Waals surface area contributed by atoms with E-state index in [4.69, 9.17) is 0 Å². The van der Waals surface area contributed by atoms with Crippen molar-refractivity contribution in [3.8, 4) is 0 Å². The Labute approximate surface area is 151 Å². The van der Waals surface area contributed by atoms with Crippen LogP contribution >= 0.6 is 0 Å². The number of nitrogens with zero attached hydrogens (tertiary/aromatic N) is 2. The van der Waals surface area contributed by atoms with E-state index in [2.05, 4.69) is 15.5 Å². The lowest BCUT2D eigenvalue weighted by Gasteiger charge is -2.36. The first-order chi connectivity index (χ1) is 12.4. The molecule has 2 saturated heterocycles. The van der Waals surface area contributed by atoms with Gasteiger partial charge < -0.3 is 15.1 Å². The van der Waals surface area contributed by atoms with Gasteiger partial charge in [-0.2, -0.15) is 0 Å². The molecule has 8 heteroatoms. The third-order valence-corrected chi connectivity index (χ3v) is 4.82. The molecule has 1 aromatic carbocycles. The Morgan fingerprint density at radius 3 is 2.46 bits per heavy atom. The molecule has 2 N–H and O–H groups in total. The molecule has 2 aliphatic rings. The van der Waals surface area contributed by atoms with E-state index >= 15 is 0 Å². The summed E-state index contributed by atoms with van der Waals surface area (Å²) in [5.41, 5.74) is 1.15. The van der Waals surface area contributed by atoms with E-state index < -0.39 is 30.8 Å². The number of para-hydroxylation sites is 1. The fourth-order valence-corrected chi connectivity index (χ4v) is 3.33. The molecule has 6 nitrogen and oxygen atoms in total. The number of hydrogen-bond donors (Lipinski definition) is 2. The van der Waals surface area contributed by atoms with E-state index in [1.54, 1.807) is 4.90 Å². The fourth-order valence-electron chi connectivity index (χ4n) is 3.33. The van der Waals surface area contributed by atoms with Crippen molar-refractivity contribution in [3.63, 3.8) is 0 Å². The van der Waals surface area contributed by atoms with Gasteiger partial charge in [0.15, 0.2) is 0 Å². The van der Waals surface area contributed by atoms with Gasteiger partial charge in [0.2, 0.25) is 11.8 Å². The van der Waals surface area contributed by atoms with E-state index in [1.807, 2.05) is 30.3 Å². The molecule has 1 unspecified atom stereocenters. The van der Waals surface area contributed by atoms with Crippen molar-refractivity contribution in [1.29, 1.82) is 0 Å². The van der Waals surface area contributed by atoms with Crippen LogP contribution in [0.15, 0.2) is 30.3 Å². The van der Waals surface area contributed by atoms with Gasteiger partial charge in [-0.05, 0) is 12.1 Å². The molecule has 0 bridgehead atoms. The van der Waals surface area contributed by atoms with Gasteiger partial charge in [-0.15, -0.1) is 0 Å². The molecule has 2 aliphatic heterocycles. The zero-order valence-electron chi connectivity index (χ0n) is 14.6. The lowest BCUT2D eigenvalue weighted by molar-refractivity contribution is -0.131. The molecule has 0 aromatic heterocycles. The van der Waals surface area contributed by atoms with Crippen molar-refractivity contribution in [2.45, 2.75) is 24.8 Å². The number of halogens is 2. The molecule has 2 fully saturated rings. The Morgan fingerprint density at radius 2 is 1.85 bits per heavy atom. The van der Waals surface area contributed by atoms with Crippen LogP contribution in [0.2, 0.25) is 0 Å². The number of alkyl halides is 2. The summed E-state index contributed by atoms with van der Waals surface area (Å²) in [7, 11) is 0. The van der Waals surface area contributed by atoms with Gasteiger partial charge in [-0.25, -0.2) is 8.78 Å². The largest absolute Gasteiger partial charge is 0.368 e. The van der Waals surface area contributed by atoms with Crippen molar-refractivity contribution >= 4 is 17.5 Å². The van der Waals surface area contributed by atoms with Crippen LogP contribution in [0, 0.1) is 0 Å². The number of carbonyl (C=O) groups excluding carboxylic acids is 2. The van der Waals surface area contributed by atoms with Crippen LogP contribution in [0.5, 0.6) is 0 Å². The van der Waals surface area contributed by atoms with Gasteiger partial charge >= 0.3 is 0 Å². The SMILES string of the molecule is O=C(NCCC(=O)N1CCN(c2ccccc2)CC1)C1CC(F)(F)CN1. The Kier molecular flexibility index (Phi) is 5.70. The van der Waals surface area contributed by atoms with Gasteiger partial charge in [-0.1, -0.05) is 18.2 Å². The van der Waals surface area contributed by atoms with Gasteiger partial charge in [0.25, 0.3) is 5.92 Å². The van der Waals surface area contributed by atoms with Crippen molar-refractivity contribution in [2.75, 3.05) is 44.2 Å². The van der Waals surface area contributed by atoms with Gasteiger partial charge in [0, 0.05) is 51.3 Å². The molecule has 0 saturated carbocycles. The molecular weight excluding hydrogens is 342 g/mol. The van der Waals surface area contributed by atoms with Crippen LogP contribution in [-0.4, -0.2) is 67.9 Å². The Morgan fingerprint density at radius 1 is 1.15 bits per heavy atom. The number of anilines is 1. The van der Waals surface area contributed by atoms with Crippen molar-refractivity contribution < 1.29 is 18.4 Å². The third kappa shape index (κ3) is 4.69. The molecule has 142 valence electrons. The van der Waals surface area contributed by atoms with Gasteiger partial charge in [0.1, 0.15) is 0 Å². The summed E-state index contributed by atoms with van der Waals surface area (Å²) in [5.74, 6) is -3.33. The summed E-state index contributed by atoms with van der Waals surface area (Å²) in [5, 5.41) is 5.08. The van der Waals surface area contributed by atoms with Crippen LogP contribution in [0.4, 0.5) is 14.5 Å². The first-order valence-corrected chi connectivity index (χ1v) is 8.91. The zero-order chi connectivity index (χ0) is 18.6. The first kappa shape index (κ1) is 18.6. The predicted molar refractivity (Wildman–Crippen MR) is 94.2 cm³/mol. The molecular formula is C18H24F2N4O2. The number of carbonyl (C=O) groups is 2. The molecule has 1 aromatic rings. The Balaban J connectivity index is 1.36. The molecule has 0 aliphatic carbocycles. The Bertz CT molecular complexity index is 633. The molecule has 0 radical (unpaired) electrons. The lowest BCUT2D eigenvalue weighted by Crippen LogP contribution is -2.49. The second-order valence-electron chi connectivity index (χ2n) is 6.74. The fraction of sp³-hybridized carbons (Fsp3) is 0.556. The predicted octanol–water partition coefficient (Wildman–Crippen LogP) is 0.839. The molecule has 3 rings (SSSR count). The second-order valence-corrected chi connectivity index (χ2v) is 6.74. The maximum absolute atomic E-state index is 13.1. The van der Waals surface area contributed by atoms with E-state index in [0.717, 1.165) is 18.8 Å². The standard InChI is InChI=1S/C18H24F2N4O2/c19-18(20)12-15(22-13-18)17(26)21-7-6-16(25)24-10-8-23(9-11-24)14-4-2-1-3-5-14/h1-5,15,22H,6-13H2,(H,21,26). The molecule has 2 amide bonds. The summed E-state index contributed by atoms with van der Waals surface area (Å²) in [6.07, 6.45) is -0.311. The lowest BCUT2D eigenvalue weighted by atomic mass is 10.2. The maximum Gasteiger partial charge on any atom is 0.262 e. The highest BCUT2D eigenvalue weighted by Gasteiger charge is 2.42. The quantitative estimate of drug-likeness (QED) is 0.811. The van der Waals surface area contributed by atoms with Crippen molar-refractivity contribution in [1.82, 2.24) is 15.5 Å². The number of amides is 2. The minimum absolute atomic E-state index is 0.0253. The number of nitrogens with one attached hydrogen (secondary N) is 2. The minimum atomic E-state index is -2.84. The molecule has 2 heterocycles. The van der Waals surface area contributed by atoms with Gasteiger partial charge in [-0.3, -0.25) is 14.9 Å². The summed E-state index contributed by atoms with van der Waals surface area (Å²) < 4.78 is 26.2. The molecule has 0 spiro atoms. The summed E-state index contributed by atoms with van der Waals surface area (Å²) in [4.78, 5) is 28.1. The second kappa shape index (κ2) is 7.99. The van der Waals surface area contributed by atoms with E-state index in [-0.39, 0.29) is 18.9 Å². The molecule has 26 heavy (non-hydrogen) atoms. The summed E-state index contributed by atoms with van der Waals surface area (Å²) >= 11 is 0. The van der Waals surface area contributed by atoms with E-state index in [0.29, 0.717) is 13.1 Å². The van der Waals surface area contributed by atoms with Crippen LogP contribution < -0.4 is 15.5 Å². The average Bonchev–Trinajstić information content (AvgIpc) is 3.02. The third-order valence-electron chi connectivity index (χ3n) is 4.82. The maximum atomic E-state index is 13.1. The number of benzene rings is 1. The van der Waals surface area contributed by atoms with Crippen molar-refractivity contribution in [2.24, 2.45) is 0 Å². The summed E-state index contributed by atoms with van der Waals surface area (Å²) in [6, 6.07) is 9.17. The normalized spacial score (nSPS) is 22.3. The highest BCUT2D eigenvalue weighted by Crippen LogP contribution is 2.25. The minimum Gasteiger partial charge on any atom is -0.368 e. The monoisotopic (exact) mass is 366 g/mol. The average molecular weight is 366 g/mol. The zero-order valence-corrected chi connectivity index (χ0v) is 14.6. The number of rotatable bonds is 5. The highest BCUT2D eigenvalue weighted by atomic mass is 19.3.